The van der Waals surface area contributed by atoms with Gasteiger partial charge in [-0.1, -0.05) is 0 Å². The van der Waals surface area contributed by atoms with Crippen LogP contribution in [-0.4, -0.2) is 27.1 Å². The second-order valence-corrected chi connectivity index (χ2v) is 4.50. The Labute approximate surface area is 107 Å². The van der Waals surface area contributed by atoms with Gasteiger partial charge < -0.3 is 14.2 Å². The van der Waals surface area contributed by atoms with Crippen molar-refractivity contribution in [2.45, 2.75) is 19.3 Å². The molecule has 4 nitrogen and oxygen atoms in total. The van der Waals surface area contributed by atoms with E-state index < -0.39 is 0 Å². The summed E-state index contributed by atoms with van der Waals surface area (Å²) in [6.07, 6.45) is 0.869. The van der Waals surface area contributed by atoms with E-state index in [0.717, 1.165) is 23.5 Å². The fraction of sp³-hybridized carbons (Fsp3) is 0.500. The van der Waals surface area contributed by atoms with E-state index in [0.29, 0.717) is 5.75 Å². The average molecular weight is 250 g/mol. The number of benzene rings is 1. The molecular weight excluding hydrogens is 232 g/mol. The molecule has 1 saturated carbocycles. The molecular formula is C14H18O4. The van der Waals surface area contributed by atoms with Gasteiger partial charge in [-0.25, -0.2) is 0 Å². The van der Waals surface area contributed by atoms with Crippen LogP contribution in [0, 0.1) is 5.92 Å². The molecule has 1 fully saturated rings. The Kier molecular flexibility index (Phi) is 3.45. The number of carbonyl (C=O) groups is 1. The molecule has 0 spiro atoms. The second kappa shape index (κ2) is 4.88. The first-order valence-corrected chi connectivity index (χ1v) is 5.92. The quantitative estimate of drug-likeness (QED) is 0.805. The summed E-state index contributed by atoms with van der Waals surface area (Å²) in [5.74, 6) is 2.66. The topological polar surface area (TPSA) is 44.8 Å². The summed E-state index contributed by atoms with van der Waals surface area (Å²) in [7, 11) is 4.83. The van der Waals surface area contributed by atoms with Gasteiger partial charge in [0.25, 0.3) is 0 Å². The van der Waals surface area contributed by atoms with Gasteiger partial charge in [0, 0.05) is 29.5 Å². The molecule has 1 aromatic rings. The molecule has 1 aromatic carbocycles. The average Bonchev–Trinajstić information content (AvgIpc) is 3.17. The fourth-order valence-corrected chi connectivity index (χ4v) is 2.36. The molecule has 0 saturated heterocycles. The third-order valence-electron chi connectivity index (χ3n) is 3.44. The number of Topliss-reactive ketones (excluding diaryl/α,β-unsaturated/α-hetero) is 1. The van der Waals surface area contributed by atoms with Crippen molar-refractivity contribution in [3.63, 3.8) is 0 Å². The number of rotatable bonds is 5. The number of methoxy groups -OCH3 is 3. The molecule has 18 heavy (non-hydrogen) atoms. The third-order valence-corrected chi connectivity index (χ3v) is 3.44. The highest BCUT2D eigenvalue weighted by atomic mass is 16.5. The van der Waals surface area contributed by atoms with Crippen LogP contribution in [-0.2, 0) is 4.79 Å². The monoisotopic (exact) mass is 250 g/mol. The number of hydrogen-bond donors (Lipinski definition) is 0. The lowest BCUT2D eigenvalue weighted by atomic mass is 10.0. The third kappa shape index (κ3) is 2.15. The Bertz CT molecular complexity index is 442. The van der Waals surface area contributed by atoms with Crippen molar-refractivity contribution in [2.24, 2.45) is 5.92 Å². The maximum Gasteiger partial charge on any atom is 0.133 e. The van der Waals surface area contributed by atoms with E-state index in [2.05, 4.69) is 0 Å². The Morgan fingerprint density at radius 1 is 1.11 bits per heavy atom. The summed E-state index contributed by atoms with van der Waals surface area (Å²) in [6.45, 7) is 1.63. The summed E-state index contributed by atoms with van der Waals surface area (Å²) in [5.41, 5.74) is 0.973. The summed E-state index contributed by atoms with van der Waals surface area (Å²) >= 11 is 0. The van der Waals surface area contributed by atoms with E-state index in [9.17, 15) is 4.79 Å². The molecule has 0 unspecified atom stereocenters. The lowest BCUT2D eigenvalue weighted by Gasteiger charge is -2.14. The molecule has 1 aliphatic carbocycles. The van der Waals surface area contributed by atoms with Crippen molar-refractivity contribution < 1.29 is 19.0 Å². The predicted molar refractivity (Wildman–Crippen MR) is 67.6 cm³/mol. The first-order chi connectivity index (χ1) is 8.62. The molecule has 0 amide bonds. The highest BCUT2D eigenvalue weighted by Gasteiger charge is 2.45. The second-order valence-electron chi connectivity index (χ2n) is 4.50. The van der Waals surface area contributed by atoms with Gasteiger partial charge in [-0.05, 0) is 13.3 Å². The summed E-state index contributed by atoms with van der Waals surface area (Å²) in [4.78, 5) is 11.4. The molecule has 0 N–H and O–H groups in total. The van der Waals surface area contributed by atoms with E-state index in [4.69, 9.17) is 14.2 Å². The van der Waals surface area contributed by atoms with Gasteiger partial charge in [-0.2, -0.15) is 0 Å². The number of carbonyl (C=O) groups excluding carboxylic acids is 1. The van der Waals surface area contributed by atoms with Crippen LogP contribution < -0.4 is 14.2 Å². The van der Waals surface area contributed by atoms with E-state index in [1.54, 1.807) is 28.3 Å². The smallest absolute Gasteiger partial charge is 0.133 e. The van der Waals surface area contributed by atoms with Gasteiger partial charge in [0.2, 0.25) is 0 Å². The minimum absolute atomic E-state index is 0.0983. The Balaban J connectivity index is 2.42. The molecule has 2 rings (SSSR count). The van der Waals surface area contributed by atoms with Crippen molar-refractivity contribution in [2.75, 3.05) is 21.3 Å². The van der Waals surface area contributed by atoms with Gasteiger partial charge in [0.15, 0.2) is 0 Å². The van der Waals surface area contributed by atoms with Gasteiger partial charge in [0.05, 0.1) is 21.3 Å². The van der Waals surface area contributed by atoms with Gasteiger partial charge in [-0.15, -0.1) is 0 Å². The maximum absolute atomic E-state index is 11.4. The van der Waals surface area contributed by atoms with Gasteiger partial charge >= 0.3 is 0 Å². The highest BCUT2D eigenvalue weighted by molar-refractivity contribution is 5.83. The minimum Gasteiger partial charge on any atom is -0.496 e. The zero-order valence-corrected chi connectivity index (χ0v) is 11.1. The number of ether oxygens (including phenoxy) is 3. The lowest BCUT2D eigenvalue weighted by molar-refractivity contribution is -0.118. The van der Waals surface area contributed by atoms with Crippen molar-refractivity contribution >= 4 is 5.78 Å². The van der Waals surface area contributed by atoms with Crippen molar-refractivity contribution in [3.05, 3.63) is 17.7 Å². The zero-order valence-electron chi connectivity index (χ0n) is 11.1. The van der Waals surface area contributed by atoms with E-state index in [-0.39, 0.29) is 17.6 Å². The van der Waals surface area contributed by atoms with Crippen LogP contribution in [0.1, 0.15) is 24.8 Å². The normalized spacial score (nSPS) is 21.3. The van der Waals surface area contributed by atoms with Crippen LogP contribution in [0.2, 0.25) is 0 Å². The summed E-state index contributed by atoms with van der Waals surface area (Å²) in [5, 5.41) is 0. The lowest BCUT2D eigenvalue weighted by Crippen LogP contribution is -2.00. The standard InChI is InChI=1S/C14H18O4/c1-8(15)10-7-11(10)14-12(17-3)5-9(16-2)6-13(14)18-4/h5-6,10-11H,7H2,1-4H3/t10-,11+/m1/s1. The molecule has 1 aliphatic rings. The fourth-order valence-electron chi connectivity index (χ4n) is 2.36. The van der Waals surface area contributed by atoms with Crippen LogP contribution in [0.5, 0.6) is 17.2 Å². The van der Waals surface area contributed by atoms with Crippen LogP contribution in [0.3, 0.4) is 0 Å². The first kappa shape index (κ1) is 12.7. The molecule has 0 bridgehead atoms. The SMILES string of the molecule is COc1cc(OC)c([C@H]2C[C@@H]2C(C)=O)c(OC)c1. The van der Waals surface area contributed by atoms with Crippen LogP contribution >= 0.6 is 0 Å². The predicted octanol–water partition coefficient (Wildman–Crippen LogP) is 2.40. The summed E-state index contributed by atoms with van der Waals surface area (Å²) in [6, 6.07) is 3.65. The van der Waals surface area contributed by atoms with Crippen LogP contribution in [0.4, 0.5) is 0 Å². The van der Waals surface area contributed by atoms with E-state index in [1.165, 1.54) is 0 Å². The number of ketones is 1. The minimum atomic E-state index is 0.0983. The molecule has 4 heteroatoms. The van der Waals surface area contributed by atoms with Crippen molar-refractivity contribution in [1.29, 1.82) is 0 Å². The molecule has 2 atom stereocenters. The molecule has 0 aromatic heterocycles. The van der Waals surface area contributed by atoms with E-state index in [1.807, 2.05) is 12.1 Å². The Hall–Kier alpha value is -1.71. The Morgan fingerprint density at radius 3 is 2.00 bits per heavy atom. The Morgan fingerprint density at radius 2 is 1.67 bits per heavy atom. The molecule has 98 valence electrons. The molecule has 0 heterocycles. The maximum atomic E-state index is 11.4. The van der Waals surface area contributed by atoms with Gasteiger partial charge in [0.1, 0.15) is 23.0 Å². The molecule has 0 radical (unpaired) electrons. The van der Waals surface area contributed by atoms with Gasteiger partial charge in [-0.3, -0.25) is 4.79 Å². The molecule has 0 aliphatic heterocycles. The zero-order chi connectivity index (χ0) is 13.3. The summed E-state index contributed by atoms with van der Waals surface area (Å²) < 4.78 is 16.0. The van der Waals surface area contributed by atoms with Crippen LogP contribution in [0.15, 0.2) is 12.1 Å². The number of hydrogen-bond acceptors (Lipinski definition) is 4. The largest absolute Gasteiger partial charge is 0.496 e. The first-order valence-electron chi connectivity index (χ1n) is 5.92. The van der Waals surface area contributed by atoms with E-state index >= 15 is 0 Å². The van der Waals surface area contributed by atoms with Crippen molar-refractivity contribution in [1.82, 2.24) is 0 Å². The highest BCUT2D eigenvalue weighted by Crippen LogP contribution is 2.54. The van der Waals surface area contributed by atoms with Crippen molar-refractivity contribution in [3.8, 4) is 17.2 Å². The van der Waals surface area contributed by atoms with Crippen LogP contribution in [0.25, 0.3) is 0 Å².